The lowest BCUT2D eigenvalue weighted by molar-refractivity contribution is -0.139. The lowest BCUT2D eigenvalue weighted by Crippen LogP contribution is -2.50. The Morgan fingerprint density at radius 3 is 2.77 bits per heavy atom. The van der Waals surface area contributed by atoms with Gasteiger partial charge in [-0.15, -0.1) is 11.3 Å². The number of carbonyl (C=O) groups is 3. The number of hydrazine groups is 1. The average molecular weight is 321 g/mol. The molecule has 2 fully saturated rings. The van der Waals surface area contributed by atoms with E-state index in [9.17, 15) is 14.4 Å². The summed E-state index contributed by atoms with van der Waals surface area (Å²) in [5.41, 5.74) is 1.65. The Morgan fingerprint density at radius 1 is 1.32 bits per heavy atom. The van der Waals surface area contributed by atoms with Crippen LogP contribution in [0.25, 0.3) is 0 Å². The third-order valence-corrected chi connectivity index (χ3v) is 5.22. The molecular weight excluding hydrogens is 302 g/mol. The molecule has 2 N–H and O–H groups in total. The number of thiophene rings is 1. The van der Waals surface area contributed by atoms with Gasteiger partial charge in [0.1, 0.15) is 5.54 Å². The van der Waals surface area contributed by atoms with Crippen molar-refractivity contribution in [1.82, 2.24) is 15.8 Å². The maximum absolute atomic E-state index is 12.5. The SMILES string of the molecule is O=C(CCc1cccs1)NN1C(=O)NC2(CCCCC2)C1=O. The summed E-state index contributed by atoms with van der Waals surface area (Å²) >= 11 is 1.59. The van der Waals surface area contributed by atoms with Gasteiger partial charge in [0.2, 0.25) is 5.91 Å². The summed E-state index contributed by atoms with van der Waals surface area (Å²) in [5.74, 6) is -0.633. The predicted molar refractivity (Wildman–Crippen MR) is 82.0 cm³/mol. The van der Waals surface area contributed by atoms with Gasteiger partial charge >= 0.3 is 6.03 Å². The van der Waals surface area contributed by atoms with E-state index in [-0.39, 0.29) is 18.2 Å². The Kier molecular flexibility index (Phi) is 4.15. The zero-order valence-corrected chi connectivity index (χ0v) is 13.1. The Labute approximate surface area is 132 Å². The Balaban J connectivity index is 1.58. The second-order valence-electron chi connectivity index (χ2n) is 5.83. The van der Waals surface area contributed by atoms with Crippen molar-refractivity contribution in [2.75, 3.05) is 0 Å². The highest BCUT2D eigenvalue weighted by atomic mass is 32.1. The van der Waals surface area contributed by atoms with Gasteiger partial charge in [0.25, 0.3) is 5.91 Å². The average Bonchev–Trinajstić information content (AvgIpc) is 3.10. The zero-order valence-electron chi connectivity index (χ0n) is 12.3. The molecule has 1 aliphatic heterocycles. The Hall–Kier alpha value is -1.89. The van der Waals surface area contributed by atoms with Crippen molar-refractivity contribution in [3.05, 3.63) is 22.4 Å². The largest absolute Gasteiger partial charge is 0.344 e. The quantitative estimate of drug-likeness (QED) is 0.832. The molecule has 1 aromatic rings. The van der Waals surface area contributed by atoms with Crippen LogP contribution in [0.4, 0.5) is 4.79 Å². The van der Waals surface area contributed by atoms with Crippen molar-refractivity contribution in [3.63, 3.8) is 0 Å². The summed E-state index contributed by atoms with van der Waals surface area (Å²) in [4.78, 5) is 37.6. The lowest BCUT2D eigenvalue weighted by Gasteiger charge is -2.30. The number of nitrogens with zero attached hydrogens (tertiary/aromatic N) is 1. The molecule has 0 unspecified atom stereocenters. The van der Waals surface area contributed by atoms with Crippen molar-refractivity contribution in [3.8, 4) is 0 Å². The number of nitrogens with one attached hydrogen (secondary N) is 2. The van der Waals surface area contributed by atoms with Crippen LogP contribution in [0.15, 0.2) is 17.5 Å². The zero-order chi connectivity index (χ0) is 15.6. The van der Waals surface area contributed by atoms with Crippen molar-refractivity contribution in [2.24, 2.45) is 0 Å². The van der Waals surface area contributed by atoms with Crippen LogP contribution in [0.5, 0.6) is 0 Å². The van der Waals surface area contributed by atoms with E-state index in [0.29, 0.717) is 19.3 Å². The van der Waals surface area contributed by atoms with Crippen molar-refractivity contribution >= 4 is 29.2 Å². The molecule has 0 atom stereocenters. The molecule has 1 spiro atoms. The van der Waals surface area contributed by atoms with Gasteiger partial charge < -0.3 is 5.32 Å². The Bertz CT molecular complexity index is 579. The molecule has 7 heteroatoms. The maximum atomic E-state index is 12.5. The van der Waals surface area contributed by atoms with E-state index in [0.717, 1.165) is 29.1 Å². The van der Waals surface area contributed by atoms with E-state index in [1.54, 1.807) is 11.3 Å². The summed E-state index contributed by atoms with van der Waals surface area (Å²) in [6.07, 6.45) is 5.09. The van der Waals surface area contributed by atoms with E-state index >= 15 is 0 Å². The number of hydrogen-bond donors (Lipinski definition) is 2. The molecule has 4 amide bonds. The molecule has 0 radical (unpaired) electrons. The van der Waals surface area contributed by atoms with Gasteiger partial charge in [-0.3, -0.25) is 15.0 Å². The molecular formula is C15H19N3O3S. The van der Waals surface area contributed by atoms with Crippen LogP contribution < -0.4 is 10.7 Å². The van der Waals surface area contributed by atoms with Gasteiger partial charge in [-0.05, 0) is 30.7 Å². The molecule has 6 nitrogen and oxygen atoms in total. The number of aryl methyl sites for hydroxylation is 1. The number of imide groups is 1. The van der Waals surface area contributed by atoms with Gasteiger partial charge in [0.15, 0.2) is 0 Å². The third kappa shape index (κ3) is 2.85. The first-order chi connectivity index (χ1) is 10.6. The predicted octanol–water partition coefficient (Wildman–Crippen LogP) is 1.97. The molecule has 2 heterocycles. The van der Waals surface area contributed by atoms with E-state index in [1.165, 1.54) is 0 Å². The normalized spacial score (nSPS) is 20.3. The number of carbonyl (C=O) groups excluding carboxylic acids is 3. The highest BCUT2D eigenvalue weighted by molar-refractivity contribution is 7.09. The standard InChI is InChI=1S/C15H19N3O3S/c19-12(7-6-11-5-4-10-22-11)17-18-13(20)15(16-14(18)21)8-2-1-3-9-15/h4-5,10H,1-3,6-9H2,(H,16,21)(H,17,19). The minimum atomic E-state index is -0.795. The highest BCUT2D eigenvalue weighted by Crippen LogP contribution is 2.32. The van der Waals surface area contributed by atoms with Crippen LogP contribution in [0.2, 0.25) is 0 Å². The fourth-order valence-electron chi connectivity index (χ4n) is 3.09. The monoisotopic (exact) mass is 321 g/mol. The molecule has 1 saturated heterocycles. The van der Waals surface area contributed by atoms with E-state index in [4.69, 9.17) is 0 Å². The first-order valence-electron chi connectivity index (χ1n) is 7.59. The van der Waals surface area contributed by atoms with Crippen molar-refractivity contribution in [2.45, 2.75) is 50.5 Å². The van der Waals surface area contributed by atoms with Crippen LogP contribution in [0.1, 0.15) is 43.4 Å². The summed E-state index contributed by atoms with van der Waals surface area (Å²) < 4.78 is 0. The number of hydrogen-bond acceptors (Lipinski definition) is 4. The van der Waals surface area contributed by atoms with Crippen molar-refractivity contribution < 1.29 is 14.4 Å². The lowest BCUT2D eigenvalue weighted by atomic mass is 9.82. The smallest absolute Gasteiger partial charge is 0.322 e. The highest BCUT2D eigenvalue weighted by Gasteiger charge is 2.52. The van der Waals surface area contributed by atoms with Crippen LogP contribution in [0, 0.1) is 0 Å². The topological polar surface area (TPSA) is 78.5 Å². The molecule has 0 aromatic carbocycles. The molecule has 3 rings (SSSR count). The van der Waals surface area contributed by atoms with Crippen LogP contribution >= 0.6 is 11.3 Å². The van der Waals surface area contributed by atoms with Crippen molar-refractivity contribution in [1.29, 1.82) is 0 Å². The summed E-state index contributed by atoms with van der Waals surface area (Å²) in [5, 5.41) is 5.59. The fraction of sp³-hybridized carbons (Fsp3) is 0.533. The van der Waals surface area contributed by atoms with Crippen LogP contribution in [0.3, 0.4) is 0 Å². The molecule has 1 aliphatic carbocycles. The summed E-state index contributed by atoms with van der Waals surface area (Å²) in [6, 6.07) is 3.38. The maximum Gasteiger partial charge on any atom is 0.344 e. The summed E-state index contributed by atoms with van der Waals surface area (Å²) in [7, 11) is 0. The molecule has 0 bridgehead atoms. The second-order valence-corrected chi connectivity index (χ2v) is 6.86. The van der Waals surface area contributed by atoms with Gasteiger partial charge in [-0.2, -0.15) is 5.01 Å². The van der Waals surface area contributed by atoms with E-state index < -0.39 is 11.6 Å². The molecule has 22 heavy (non-hydrogen) atoms. The minimum absolute atomic E-state index is 0.255. The first kappa shape index (κ1) is 15.0. The van der Waals surface area contributed by atoms with E-state index in [2.05, 4.69) is 10.7 Å². The fourth-order valence-corrected chi connectivity index (χ4v) is 3.80. The summed E-state index contributed by atoms with van der Waals surface area (Å²) in [6.45, 7) is 0. The number of urea groups is 1. The second kappa shape index (κ2) is 6.08. The molecule has 118 valence electrons. The third-order valence-electron chi connectivity index (χ3n) is 4.28. The van der Waals surface area contributed by atoms with Gasteiger partial charge in [-0.25, -0.2) is 4.79 Å². The van der Waals surface area contributed by atoms with Crippen LogP contribution in [-0.2, 0) is 16.0 Å². The minimum Gasteiger partial charge on any atom is -0.322 e. The van der Waals surface area contributed by atoms with E-state index in [1.807, 2.05) is 17.5 Å². The van der Waals surface area contributed by atoms with Gasteiger partial charge in [0, 0.05) is 11.3 Å². The van der Waals surface area contributed by atoms with Crippen LogP contribution in [-0.4, -0.2) is 28.4 Å². The van der Waals surface area contributed by atoms with Gasteiger partial charge in [0.05, 0.1) is 0 Å². The molecule has 1 saturated carbocycles. The van der Waals surface area contributed by atoms with Gasteiger partial charge in [-0.1, -0.05) is 25.3 Å². The number of rotatable bonds is 4. The number of amides is 4. The Morgan fingerprint density at radius 2 is 2.09 bits per heavy atom. The first-order valence-corrected chi connectivity index (χ1v) is 8.47. The molecule has 1 aromatic heterocycles. The molecule has 2 aliphatic rings.